The quantitative estimate of drug-likeness (QED) is 0.832. The molecule has 2 rings (SSSR count). The maximum absolute atomic E-state index is 12.9. The number of carboxylic acids is 1. The molecule has 0 aliphatic rings. The molecule has 0 amide bonds. The lowest BCUT2D eigenvalue weighted by atomic mass is 10.2. The Morgan fingerprint density at radius 2 is 2.25 bits per heavy atom. The van der Waals surface area contributed by atoms with E-state index < -0.39 is 5.97 Å². The molecule has 0 aliphatic carbocycles. The molecule has 0 fully saturated rings. The first-order valence-electron chi connectivity index (χ1n) is 4.50. The number of aromatic carboxylic acids is 1. The molecule has 0 spiro atoms. The van der Waals surface area contributed by atoms with E-state index in [0.29, 0.717) is 11.3 Å². The lowest BCUT2D eigenvalue weighted by Crippen LogP contribution is -1.98. The minimum Gasteiger partial charge on any atom is -0.476 e. The molecule has 1 aromatic carbocycles. The first-order chi connectivity index (χ1) is 7.58. The summed E-state index contributed by atoms with van der Waals surface area (Å²) in [7, 11) is 0. The fraction of sp³-hybridized carbons (Fsp3) is 0.100. The van der Waals surface area contributed by atoms with Crippen molar-refractivity contribution in [3.63, 3.8) is 0 Å². The van der Waals surface area contributed by atoms with Crippen molar-refractivity contribution < 1.29 is 14.3 Å². The number of aryl methyl sites for hydroxylation is 1. The molecule has 1 aromatic heterocycles. The summed E-state index contributed by atoms with van der Waals surface area (Å²) in [5.41, 5.74) is 1.10. The van der Waals surface area contributed by atoms with Crippen molar-refractivity contribution in [1.29, 1.82) is 0 Å². The number of nitrogens with zero attached hydrogens (tertiary/aromatic N) is 3. The third-order valence-corrected chi connectivity index (χ3v) is 2.12. The van der Waals surface area contributed by atoms with Crippen molar-refractivity contribution in [1.82, 2.24) is 15.0 Å². The van der Waals surface area contributed by atoms with Gasteiger partial charge in [0, 0.05) is 0 Å². The van der Waals surface area contributed by atoms with Crippen molar-refractivity contribution >= 4 is 5.97 Å². The van der Waals surface area contributed by atoms with Crippen molar-refractivity contribution in [3.8, 4) is 5.69 Å². The Balaban J connectivity index is 2.46. The molecule has 0 bridgehead atoms. The standard InChI is InChI=1S/C10H8FN3O2/c1-6-4-7(11)2-3-9(6)14-5-8(10(15)16)12-13-14/h2-5H,1H3,(H,15,16). The Kier molecular flexibility index (Phi) is 2.40. The number of hydrogen-bond donors (Lipinski definition) is 1. The van der Waals surface area contributed by atoms with Crippen molar-refractivity contribution in [3.05, 3.63) is 41.5 Å². The number of carboxylic acid groups (broad SMARTS) is 1. The van der Waals surface area contributed by atoms with E-state index in [4.69, 9.17) is 5.11 Å². The molecular formula is C10H8FN3O2. The number of benzene rings is 1. The number of rotatable bonds is 2. The van der Waals surface area contributed by atoms with Crippen molar-refractivity contribution in [2.45, 2.75) is 6.92 Å². The molecule has 0 radical (unpaired) electrons. The Hall–Kier alpha value is -2.24. The van der Waals surface area contributed by atoms with Crippen LogP contribution in [0.1, 0.15) is 16.1 Å². The van der Waals surface area contributed by atoms with Gasteiger partial charge in [-0.2, -0.15) is 0 Å². The Bertz CT molecular complexity index is 551. The zero-order valence-electron chi connectivity index (χ0n) is 8.38. The van der Waals surface area contributed by atoms with Gasteiger partial charge in [0.05, 0.1) is 11.9 Å². The average Bonchev–Trinajstić information content (AvgIpc) is 2.66. The predicted molar refractivity (Wildman–Crippen MR) is 53.0 cm³/mol. The fourth-order valence-corrected chi connectivity index (χ4v) is 1.36. The molecule has 0 atom stereocenters. The number of hydrogen-bond acceptors (Lipinski definition) is 3. The topological polar surface area (TPSA) is 68.0 Å². The van der Waals surface area contributed by atoms with Crippen LogP contribution < -0.4 is 0 Å². The van der Waals surface area contributed by atoms with Crippen LogP contribution in [-0.4, -0.2) is 26.1 Å². The molecule has 0 saturated heterocycles. The van der Waals surface area contributed by atoms with Crippen molar-refractivity contribution in [2.75, 3.05) is 0 Å². The highest BCUT2D eigenvalue weighted by Crippen LogP contribution is 2.14. The number of halogens is 1. The summed E-state index contributed by atoms with van der Waals surface area (Å²) in [5, 5.41) is 15.8. The smallest absolute Gasteiger partial charge is 0.358 e. The molecule has 0 saturated carbocycles. The lowest BCUT2D eigenvalue weighted by Gasteiger charge is -2.03. The van der Waals surface area contributed by atoms with Crippen LogP contribution in [0.3, 0.4) is 0 Å². The highest BCUT2D eigenvalue weighted by molar-refractivity contribution is 5.84. The molecular weight excluding hydrogens is 213 g/mol. The van der Waals surface area contributed by atoms with Crippen molar-refractivity contribution in [2.24, 2.45) is 0 Å². The highest BCUT2D eigenvalue weighted by atomic mass is 19.1. The highest BCUT2D eigenvalue weighted by Gasteiger charge is 2.10. The minimum absolute atomic E-state index is 0.149. The van der Waals surface area contributed by atoms with E-state index in [-0.39, 0.29) is 11.5 Å². The Morgan fingerprint density at radius 3 is 2.81 bits per heavy atom. The maximum atomic E-state index is 12.9. The van der Waals surface area contributed by atoms with Crippen LogP contribution in [0.5, 0.6) is 0 Å². The van der Waals surface area contributed by atoms with E-state index in [1.807, 2.05) is 0 Å². The van der Waals surface area contributed by atoms with Gasteiger partial charge in [-0.1, -0.05) is 5.21 Å². The van der Waals surface area contributed by atoms with Crippen LogP contribution in [0.25, 0.3) is 5.69 Å². The third kappa shape index (κ3) is 1.77. The molecule has 0 aliphatic heterocycles. The normalized spacial score (nSPS) is 10.4. The summed E-state index contributed by atoms with van der Waals surface area (Å²) >= 11 is 0. The van der Waals surface area contributed by atoms with Gasteiger partial charge < -0.3 is 5.11 Å². The average molecular weight is 221 g/mol. The zero-order valence-corrected chi connectivity index (χ0v) is 8.38. The number of carbonyl (C=O) groups is 1. The van der Waals surface area contributed by atoms with Gasteiger partial charge in [-0.05, 0) is 30.7 Å². The van der Waals surface area contributed by atoms with E-state index >= 15 is 0 Å². The van der Waals surface area contributed by atoms with Crippen LogP contribution in [0.2, 0.25) is 0 Å². The van der Waals surface area contributed by atoms with Gasteiger partial charge in [0.25, 0.3) is 0 Å². The zero-order chi connectivity index (χ0) is 11.7. The summed E-state index contributed by atoms with van der Waals surface area (Å²) < 4.78 is 14.2. The lowest BCUT2D eigenvalue weighted by molar-refractivity contribution is 0.0690. The van der Waals surface area contributed by atoms with Gasteiger partial charge in [-0.15, -0.1) is 5.10 Å². The van der Waals surface area contributed by atoms with Gasteiger partial charge in [0.1, 0.15) is 5.82 Å². The molecule has 6 heteroatoms. The summed E-state index contributed by atoms with van der Waals surface area (Å²) in [4.78, 5) is 10.6. The first kappa shape index (κ1) is 10.3. The minimum atomic E-state index is -1.15. The van der Waals surface area contributed by atoms with Crippen LogP contribution in [0.15, 0.2) is 24.4 Å². The van der Waals surface area contributed by atoms with Gasteiger partial charge in [0.15, 0.2) is 5.69 Å². The molecule has 1 heterocycles. The molecule has 82 valence electrons. The summed E-state index contributed by atoms with van der Waals surface area (Å²) in [6.45, 7) is 1.71. The number of aromatic nitrogens is 3. The van der Waals surface area contributed by atoms with Gasteiger partial charge in [0.2, 0.25) is 0 Å². The molecule has 1 N–H and O–H groups in total. The molecule has 16 heavy (non-hydrogen) atoms. The van der Waals surface area contributed by atoms with Gasteiger partial charge in [-0.25, -0.2) is 13.9 Å². The third-order valence-electron chi connectivity index (χ3n) is 2.12. The maximum Gasteiger partial charge on any atom is 0.358 e. The van der Waals surface area contributed by atoms with Crippen LogP contribution in [0.4, 0.5) is 4.39 Å². The fourth-order valence-electron chi connectivity index (χ4n) is 1.36. The Morgan fingerprint density at radius 1 is 1.50 bits per heavy atom. The molecule has 0 unspecified atom stereocenters. The van der Waals surface area contributed by atoms with E-state index in [2.05, 4.69) is 10.3 Å². The van der Waals surface area contributed by atoms with Gasteiger partial charge >= 0.3 is 5.97 Å². The van der Waals surface area contributed by atoms with Crippen LogP contribution >= 0.6 is 0 Å². The second-order valence-corrected chi connectivity index (χ2v) is 3.28. The van der Waals surface area contributed by atoms with E-state index in [1.165, 1.54) is 29.1 Å². The Labute approximate surface area is 90.1 Å². The van der Waals surface area contributed by atoms with E-state index in [9.17, 15) is 9.18 Å². The monoisotopic (exact) mass is 221 g/mol. The summed E-state index contributed by atoms with van der Waals surface area (Å²) in [6.07, 6.45) is 1.28. The van der Waals surface area contributed by atoms with Crippen LogP contribution in [-0.2, 0) is 0 Å². The second kappa shape index (κ2) is 3.73. The largest absolute Gasteiger partial charge is 0.476 e. The SMILES string of the molecule is Cc1cc(F)ccc1-n1cc(C(=O)O)nn1. The second-order valence-electron chi connectivity index (χ2n) is 3.28. The van der Waals surface area contributed by atoms with Gasteiger partial charge in [-0.3, -0.25) is 0 Å². The molecule has 2 aromatic rings. The van der Waals surface area contributed by atoms with E-state index in [0.717, 1.165) is 0 Å². The predicted octanol–water partition coefficient (Wildman–Crippen LogP) is 1.41. The van der Waals surface area contributed by atoms with E-state index in [1.54, 1.807) is 6.92 Å². The van der Waals surface area contributed by atoms with Crippen LogP contribution in [0, 0.1) is 12.7 Å². The summed E-state index contributed by atoms with van der Waals surface area (Å²) in [5.74, 6) is -1.49. The molecule has 5 nitrogen and oxygen atoms in total. The summed E-state index contributed by atoms with van der Waals surface area (Å²) in [6, 6.07) is 4.15. The first-order valence-corrected chi connectivity index (χ1v) is 4.50.